The molecule has 0 saturated carbocycles. The molecule has 0 fully saturated rings. The number of rotatable bonds is 7. The maximum absolute atomic E-state index is 11.0. The van der Waals surface area contributed by atoms with Crippen LogP contribution in [0.4, 0.5) is 0 Å². The smallest absolute Gasteiger partial charge is 0.811 e. The van der Waals surface area contributed by atoms with E-state index < -0.39 is 32.7 Å². The van der Waals surface area contributed by atoms with E-state index in [1.54, 1.807) is 0 Å². The first-order chi connectivity index (χ1) is 7.40. The molecule has 4 N–H and O–H groups in total. The van der Waals surface area contributed by atoms with E-state index in [4.69, 9.17) is 11.5 Å². The van der Waals surface area contributed by atoms with Gasteiger partial charge in [-0.05, 0) is 25.4 Å². The molecule has 0 bridgehead atoms. The van der Waals surface area contributed by atoms with Gasteiger partial charge in [-0.25, -0.2) is 0 Å². The summed E-state index contributed by atoms with van der Waals surface area (Å²) in [6.07, 6.45) is -1.26. The molecule has 21 heavy (non-hydrogen) atoms. The molecule has 0 aliphatic carbocycles. The van der Waals surface area contributed by atoms with Crippen LogP contribution in [0.1, 0.15) is 26.2 Å². The van der Waals surface area contributed by atoms with E-state index in [1.165, 1.54) is 6.92 Å². The molecule has 0 aliphatic rings. The maximum atomic E-state index is 11.0. The second-order valence-corrected chi connectivity index (χ2v) is 7.37. The zero-order chi connectivity index (χ0) is 13.9. The molecule has 1 atom stereocenters. The minimum Gasteiger partial charge on any atom is -0.811 e. The fraction of sp³-hybridized carbons (Fsp3) is 1.00. The summed E-state index contributed by atoms with van der Waals surface area (Å²) in [5.74, 6) is 0. The van der Waals surface area contributed by atoms with Crippen molar-refractivity contribution in [1.82, 2.24) is 0 Å². The average molecular weight is 378 g/mol. The topological polar surface area (TPSA) is 178 Å². The van der Waals surface area contributed by atoms with E-state index in [0.29, 0.717) is 0 Å². The van der Waals surface area contributed by atoms with Crippen molar-refractivity contribution in [3.63, 3.8) is 0 Å². The van der Waals surface area contributed by atoms with Gasteiger partial charge in [-0.1, -0.05) is 22.1 Å². The Hall–Kier alpha value is 4.22. The number of hydrogen-bond acceptors (Lipinski definition) is 8. The van der Waals surface area contributed by atoms with Crippen LogP contribution in [0.25, 0.3) is 0 Å². The Balaban J connectivity index is -0.000000213. The molecular weight excluding hydrogens is 362 g/mol. The van der Waals surface area contributed by atoms with E-state index in [1.807, 2.05) is 0 Å². The van der Waals surface area contributed by atoms with Crippen LogP contribution in [0, 0.1) is 0 Å². The predicted molar refractivity (Wildman–Crippen MR) is 54.5 cm³/mol. The van der Waals surface area contributed by atoms with Gasteiger partial charge in [-0.2, -0.15) is 0 Å². The molecule has 0 radical (unpaired) electrons. The van der Waals surface area contributed by atoms with E-state index in [9.17, 15) is 28.7 Å². The monoisotopic (exact) mass is 378 g/mol. The molecule has 0 aliphatic heterocycles. The van der Waals surface area contributed by atoms with Gasteiger partial charge < -0.3 is 40.2 Å². The van der Waals surface area contributed by atoms with Crippen molar-refractivity contribution >= 4 is 15.2 Å². The molecule has 0 aromatic heterocycles. The Bertz CT molecular complexity index is 350. The van der Waals surface area contributed by atoms with Gasteiger partial charge >= 0.3 is 118 Å². The third-order valence-corrected chi connectivity index (χ3v) is 4.89. The second-order valence-electron chi connectivity index (χ2n) is 4.00. The Morgan fingerprint density at radius 3 is 1.62 bits per heavy atom. The first-order valence-corrected chi connectivity index (χ1v) is 8.34. The summed E-state index contributed by atoms with van der Waals surface area (Å²) in [6, 6.07) is 0. The minimum atomic E-state index is -5.04. The standard InChI is InChI=1S/C7H20N2O6P2.4Na/c1-2-7(8,9)6(17(13,14)15)4-3-5-16(10,11)12;;;;/h6H,2-5,8-9H2,1H3,(H2,10,11,12)(H2,13,14,15);;;;/q;4*+1/p-4. The molecule has 0 saturated heterocycles. The first kappa shape index (κ1) is 36.2. The molecule has 0 rings (SSSR count). The molecule has 0 aromatic rings. The average Bonchev–Trinajstić information content (AvgIpc) is 2.08. The van der Waals surface area contributed by atoms with Crippen molar-refractivity contribution in [1.29, 1.82) is 0 Å². The third kappa shape index (κ3) is 17.4. The van der Waals surface area contributed by atoms with Crippen LogP contribution in [0.15, 0.2) is 0 Å². The molecule has 0 spiro atoms. The van der Waals surface area contributed by atoms with Crippen molar-refractivity contribution in [3.05, 3.63) is 0 Å². The fourth-order valence-corrected chi connectivity index (χ4v) is 3.28. The van der Waals surface area contributed by atoms with Crippen LogP contribution in [0.2, 0.25) is 0 Å². The molecular formula is C7H16N2Na4O6P2. The van der Waals surface area contributed by atoms with Crippen molar-refractivity contribution < 1.29 is 147 Å². The second kappa shape index (κ2) is 15.3. The minimum absolute atomic E-state index is 0. The van der Waals surface area contributed by atoms with Crippen molar-refractivity contribution in [2.24, 2.45) is 11.5 Å². The quantitative estimate of drug-likeness (QED) is 0.249. The summed E-state index contributed by atoms with van der Waals surface area (Å²) in [4.78, 5) is 42.7. The summed E-state index contributed by atoms with van der Waals surface area (Å²) in [7, 11) is -9.75. The van der Waals surface area contributed by atoms with Gasteiger partial charge in [0, 0.05) is 5.66 Å². The van der Waals surface area contributed by atoms with Gasteiger partial charge in [0.2, 0.25) is 0 Å². The van der Waals surface area contributed by atoms with Crippen molar-refractivity contribution in [2.45, 2.75) is 37.5 Å². The number of nitrogens with two attached hydrogens (primary N) is 2. The number of hydrogen-bond donors (Lipinski definition) is 2. The molecule has 8 nitrogen and oxygen atoms in total. The molecule has 0 amide bonds. The third-order valence-electron chi connectivity index (χ3n) is 2.52. The van der Waals surface area contributed by atoms with E-state index >= 15 is 0 Å². The van der Waals surface area contributed by atoms with Crippen LogP contribution in [-0.2, 0) is 9.13 Å². The summed E-state index contributed by atoms with van der Waals surface area (Å²) < 4.78 is 21.3. The Morgan fingerprint density at radius 1 is 1.00 bits per heavy atom. The fourth-order valence-electron chi connectivity index (χ4n) is 1.44. The van der Waals surface area contributed by atoms with Crippen LogP contribution < -0.4 is 149 Å². The Labute approximate surface area is 213 Å². The van der Waals surface area contributed by atoms with Crippen LogP contribution in [-0.4, -0.2) is 17.5 Å². The molecule has 14 heteroatoms. The maximum Gasteiger partial charge on any atom is 1.00 e. The van der Waals surface area contributed by atoms with Gasteiger partial charge in [0.1, 0.15) is 0 Å². The van der Waals surface area contributed by atoms with Gasteiger partial charge in [-0.3, -0.25) is 0 Å². The summed E-state index contributed by atoms with van der Waals surface area (Å²) in [5.41, 5.74) is 7.66. The molecule has 104 valence electrons. The van der Waals surface area contributed by atoms with Crippen LogP contribution >= 0.6 is 15.2 Å². The van der Waals surface area contributed by atoms with E-state index in [-0.39, 0.29) is 137 Å². The van der Waals surface area contributed by atoms with Gasteiger partial charge in [0.25, 0.3) is 0 Å². The predicted octanol–water partition coefficient (Wildman–Crippen LogP) is -15.0. The largest absolute Gasteiger partial charge is 1.00 e. The zero-order valence-electron chi connectivity index (χ0n) is 13.4. The summed E-state index contributed by atoms with van der Waals surface area (Å²) in [5, 5.41) is 0. The summed E-state index contributed by atoms with van der Waals surface area (Å²) >= 11 is 0. The molecule has 1 unspecified atom stereocenters. The van der Waals surface area contributed by atoms with E-state index in [2.05, 4.69) is 0 Å². The zero-order valence-corrected chi connectivity index (χ0v) is 23.2. The van der Waals surface area contributed by atoms with Crippen LogP contribution in [0.5, 0.6) is 0 Å². The first-order valence-electron chi connectivity index (χ1n) is 5.00. The molecule has 0 heterocycles. The molecule has 0 aromatic carbocycles. The van der Waals surface area contributed by atoms with Crippen molar-refractivity contribution in [3.8, 4) is 0 Å². The normalized spacial score (nSPS) is 12.9. The van der Waals surface area contributed by atoms with E-state index in [0.717, 1.165) is 0 Å². The Kier molecular flexibility index (Phi) is 26.4. The van der Waals surface area contributed by atoms with Gasteiger partial charge in [0.15, 0.2) is 0 Å². The van der Waals surface area contributed by atoms with Crippen LogP contribution in [0.3, 0.4) is 0 Å². The van der Waals surface area contributed by atoms with Gasteiger partial charge in [-0.15, -0.1) is 0 Å². The van der Waals surface area contributed by atoms with Crippen molar-refractivity contribution in [2.75, 3.05) is 6.16 Å². The summed E-state index contributed by atoms with van der Waals surface area (Å²) in [6.45, 7) is 1.51. The van der Waals surface area contributed by atoms with Gasteiger partial charge in [0.05, 0.1) is 5.66 Å². The SMILES string of the molecule is CCC(N)(N)C(CCCP(=O)([O-])[O-])P(=O)([O-])[O-].[Na+].[Na+].[Na+].[Na+]. The Morgan fingerprint density at radius 2 is 1.38 bits per heavy atom.